The topological polar surface area (TPSA) is 0 Å². The first-order valence-electron chi connectivity index (χ1n) is 20.2. The zero-order chi connectivity index (χ0) is 40.6. The van der Waals surface area contributed by atoms with E-state index in [1.54, 1.807) is 0 Å². The van der Waals surface area contributed by atoms with Crippen molar-refractivity contribution in [2.75, 3.05) is 5.90 Å². The molecular weight excluding hydrogens is 1160 g/mol. The monoisotopic (exact) mass is 1200 g/mol. The second kappa shape index (κ2) is 21.5. The summed E-state index contributed by atoms with van der Waals surface area (Å²) in [6.07, 6.45) is 15.4. The van der Waals surface area contributed by atoms with E-state index in [4.69, 9.17) is 12.8 Å². The first-order chi connectivity index (χ1) is 28.9. The molecule has 0 bridgehead atoms. The number of hydrogen-bond acceptors (Lipinski definition) is 0. The molecule has 1 aliphatic heterocycles. The van der Waals surface area contributed by atoms with E-state index in [-0.39, 0.29) is 44.8 Å². The quantitative estimate of drug-likeness (QED) is 0.0674. The first kappa shape index (κ1) is 46.0. The Hall–Kier alpha value is -4.56. The van der Waals surface area contributed by atoms with Crippen molar-refractivity contribution in [3.8, 4) is 34.1 Å². The Morgan fingerprint density at radius 1 is 0.410 bits per heavy atom. The molecule has 0 unspecified atom stereocenters. The van der Waals surface area contributed by atoms with Gasteiger partial charge < -0.3 is 12.8 Å². The third-order valence-electron chi connectivity index (χ3n) is 11.5. The standard InChI is InChI=1S/C25H22P2.C16H13Si.C15H9.2Au/c1-5-13-22(14-6-1)26(23-15-7-2-8-16-23)21-27(24-17-9-3-10-18-24)25-19-11-4-12-20-25;1-4-12-9-10-14-13-7-5-6-8-15(13)17(2,3)16(14)11-12;1-2-11-7-8-15-13(9-11)10-12-5-3-4-6-14(12)15;;/h1-20H,21H2;5-11H,2-3H3;3-9H,10H2;;/q;2*-1;2*+1/p+2. The van der Waals surface area contributed by atoms with Gasteiger partial charge in [0, 0.05) is 0 Å². The summed E-state index contributed by atoms with van der Waals surface area (Å²) in [5.74, 6) is 6.17. The maximum Gasteiger partial charge on any atom is 1.00 e. The molecule has 8 aromatic carbocycles. The van der Waals surface area contributed by atoms with Gasteiger partial charge in [0.25, 0.3) is 0 Å². The van der Waals surface area contributed by atoms with Gasteiger partial charge in [-0.3, -0.25) is 11.8 Å². The fraction of sp³-hybridized carbons (Fsp3) is 0.0714. The van der Waals surface area contributed by atoms with Crippen LogP contribution < -0.4 is 31.6 Å². The zero-order valence-corrected chi connectivity index (χ0v) is 41.5. The van der Waals surface area contributed by atoms with Crippen LogP contribution in [0.5, 0.6) is 0 Å². The minimum atomic E-state index is -1.55. The maximum absolute atomic E-state index is 7.26. The van der Waals surface area contributed by atoms with E-state index in [0.717, 1.165) is 17.5 Å². The van der Waals surface area contributed by atoms with E-state index in [9.17, 15) is 0 Å². The van der Waals surface area contributed by atoms with E-state index < -0.39 is 23.9 Å². The molecule has 1 aliphatic carbocycles. The summed E-state index contributed by atoms with van der Waals surface area (Å²) < 4.78 is 0. The molecule has 8 aromatic rings. The molecule has 0 N–H and O–H groups in total. The Bertz CT molecular complexity index is 2620. The summed E-state index contributed by atoms with van der Waals surface area (Å²) >= 11 is 0. The van der Waals surface area contributed by atoms with E-state index in [2.05, 4.69) is 219 Å². The molecule has 0 atom stereocenters. The number of fused-ring (bicyclic) bond motifs is 6. The van der Waals surface area contributed by atoms with Gasteiger partial charge in [-0.05, 0) is 88.0 Å². The molecule has 0 fully saturated rings. The van der Waals surface area contributed by atoms with Crippen LogP contribution in [0.25, 0.3) is 22.3 Å². The first-order valence-corrected chi connectivity index (χ1v) is 26.6. The molecule has 0 amide bonds. The molecule has 0 nitrogen and oxygen atoms in total. The van der Waals surface area contributed by atoms with Crippen molar-refractivity contribution < 1.29 is 44.8 Å². The van der Waals surface area contributed by atoms with E-state index in [0.29, 0.717) is 0 Å². The molecule has 61 heavy (non-hydrogen) atoms. The van der Waals surface area contributed by atoms with Crippen LogP contribution >= 0.6 is 15.8 Å². The smallest absolute Gasteiger partial charge is 0.366 e. The van der Waals surface area contributed by atoms with Gasteiger partial charge in [-0.25, -0.2) is 0 Å². The number of hydrogen-bond donors (Lipinski definition) is 0. The zero-order valence-electron chi connectivity index (χ0n) is 34.1. The van der Waals surface area contributed by atoms with Crippen LogP contribution in [0.3, 0.4) is 0 Å². The third-order valence-corrected chi connectivity index (χ3v) is 22.0. The Labute approximate surface area is 397 Å². The molecule has 5 heteroatoms. The molecule has 0 radical (unpaired) electrons. The van der Waals surface area contributed by atoms with Gasteiger partial charge in [-0.1, -0.05) is 157 Å². The van der Waals surface area contributed by atoms with Crippen molar-refractivity contribution in [3.63, 3.8) is 0 Å². The van der Waals surface area contributed by atoms with Crippen molar-refractivity contribution in [1.82, 2.24) is 0 Å². The maximum atomic E-state index is 7.26. The van der Waals surface area contributed by atoms with Crippen LogP contribution in [0.4, 0.5) is 0 Å². The van der Waals surface area contributed by atoms with Crippen molar-refractivity contribution in [3.05, 3.63) is 241 Å². The van der Waals surface area contributed by atoms with Crippen LogP contribution in [0.2, 0.25) is 13.1 Å². The van der Waals surface area contributed by atoms with E-state index in [1.807, 2.05) is 12.1 Å². The largest absolute Gasteiger partial charge is 1.00 e. The van der Waals surface area contributed by atoms with Crippen LogP contribution in [-0.4, -0.2) is 14.0 Å². The predicted octanol–water partition coefficient (Wildman–Crippen LogP) is 10.3. The third kappa shape index (κ3) is 10.4. The van der Waals surface area contributed by atoms with Gasteiger partial charge in [0.15, 0.2) is 5.90 Å². The second-order valence-corrected chi connectivity index (χ2v) is 25.4. The summed E-state index contributed by atoms with van der Waals surface area (Å²) in [6, 6.07) is 74.0. The fourth-order valence-corrected chi connectivity index (χ4v) is 19.3. The SMILES string of the molecule is [Au+].[Au+].[C-]#Cc1ccc2c(c1)Cc1ccccc1-2.[C-]#Cc1ccc2c(c1)[Si](C)(C)c1ccccc1-2.c1ccc([PH+](C[PH+](c2ccccc2)c2ccccc2)c2ccccc2)cc1. The average Bonchev–Trinajstić information content (AvgIpc) is 3.79. The molecule has 10 rings (SSSR count). The number of rotatable bonds is 6. The Balaban J connectivity index is 0.000000159. The van der Waals surface area contributed by atoms with E-state index in [1.165, 1.54) is 70.9 Å². The Morgan fingerprint density at radius 3 is 1.28 bits per heavy atom. The average molecular weight is 1200 g/mol. The van der Waals surface area contributed by atoms with Gasteiger partial charge in [-0.15, -0.1) is 35.4 Å². The van der Waals surface area contributed by atoms with Gasteiger partial charge in [0.05, 0.1) is 0 Å². The minimum absolute atomic E-state index is 0. The van der Waals surface area contributed by atoms with Gasteiger partial charge in [-0.2, -0.15) is 0 Å². The number of benzene rings is 8. The van der Waals surface area contributed by atoms with Crippen molar-refractivity contribution in [1.29, 1.82) is 0 Å². The van der Waals surface area contributed by atoms with Crippen molar-refractivity contribution in [2.24, 2.45) is 0 Å². The summed E-state index contributed by atoms with van der Waals surface area (Å²) in [7, 11) is -3.25. The Kier molecular flexibility index (Phi) is 16.2. The molecule has 304 valence electrons. The van der Waals surface area contributed by atoms with Gasteiger partial charge in [0.1, 0.15) is 45.1 Å². The molecular formula is C56H46Au2P2Si+2. The van der Waals surface area contributed by atoms with Crippen LogP contribution in [-0.2, 0) is 51.2 Å². The van der Waals surface area contributed by atoms with Crippen LogP contribution in [0.15, 0.2) is 206 Å². The molecule has 0 saturated carbocycles. The predicted molar refractivity (Wildman–Crippen MR) is 262 cm³/mol. The van der Waals surface area contributed by atoms with Gasteiger partial charge >= 0.3 is 44.8 Å². The summed E-state index contributed by atoms with van der Waals surface area (Å²) in [4.78, 5) is 0. The summed E-state index contributed by atoms with van der Waals surface area (Å²) in [5, 5.41) is 8.96. The normalized spacial score (nSPS) is 11.9. The molecule has 0 aromatic heterocycles. The summed E-state index contributed by atoms with van der Waals surface area (Å²) in [5.41, 5.74) is 9.84. The molecule has 0 saturated heterocycles. The molecule has 1 heterocycles. The van der Waals surface area contributed by atoms with Gasteiger partial charge in [0.2, 0.25) is 0 Å². The Morgan fingerprint density at radius 2 is 0.787 bits per heavy atom. The van der Waals surface area contributed by atoms with Crippen molar-refractivity contribution >= 4 is 55.5 Å². The van der Waals surface area contributed by atoms with Crippen LogP contribution in [0, 0.1) is 24.7 Å². The minimum Gasteiger partial charge on any atom is -0.366 e. The summed E-state index contributed by atoms with van der Waals surface area (Å²) in [6.45, 7) is 4.76. The van der Waals surface area contributed by atoms with E-state index >= 15 is 0 Å². The van der Waals surface area contributed by atoms with Crippen molar-refractivity contribution in [2.45, 2.75) is 19.5 Å². The van der Waals surface area contributed by atoms with Crippen LogP contribution in [0.1, 0.15) is 22.3 Å². The molecule has 0 spiro atoms. The second-order valence-electron chi connectivity index (χ2n) is 15.5. The molecule has 2 aliphatic rings. The fourth-order valence-electron chi connectivity index (χ4n) is 8.48.